The van der Waals surface area contributed by atoms with Crippen molar-refractivity contribution in [3.05, 3.63) is 29.6 Å². The Morgan fingerprint density at radius 3 is 2.62 bits per heavy atom. The number of rotatable bonds is 5. The van der Waals surface area contributed by atoms with E-state index < -0.39 is 6.10 Å². The molecule has 0 aromatic heterocycles. The number of hydrogen-bond donors (Lipinski definition) is 1. The maximum atomic E-state index is 13.6. The molecule has 4 heteroatoms. The standard InChI is InChI=1S/C12H18FNOS/c1-9(15)10-4-5-12(11(13)8-10)16-7-6-14(2)3/h4-5,8-9,15H,6-7H2,1-3H3. The quantitative estimate of drug-likeness (QED) is 0.804. The van der Waals surface area contributed by atoms with E-state index in [0.717, 1.165) is 12.3 Å². The van der Waals surface area contributed by atoms with Crippen molar-refractivity contribution < 1.29 is 9.50 Å². The molecule has 1 unspecified atom stereocenters. The number of hydrogen-bond acceptors (Lipinski definition) is 3. The molecule has 1 aromatic rings. The lowest BCUT2D eigenvalue weighted by atomic mass is 10.1. The summed E-state index contributed by atoms with van der Waals surface area (Å²) in [6, 6.07) is 4.91. The van der Waals surface area contributed by atoms with Crippen LogP contribution >= 0.6 is 11.8 Å². The fraction of sp³-hybridized carbons (Fsp3) is 0.500. The van der Waals surface area contributed by atoms with Gasteiger partial charge in [0.2, 0.25) is 0 Å². The summed E-state index contributed by atoms with van der Waals surface area (Å²) in [5.74, 6) is 0.611. The molecule has 0 amide bonds. The van der Waals surface area contributed by atoms with Crippen LogP contribution in [0.3, 0.4) is 0 Å². The summed E-state index contributed by atoms with van der Waals surface area (Å²) in [4.78, 5) is 2.71. The monoisotopic (exact) mass is 243 g/mol. The first-order valence-electron chi connectivity index (χ1n) is 5.25. The van der Waals surface area contributed by atoms with Crippen molar-refractivity contribution in [2.45, 2.75) is 17.9 Å². The molecule has 0 bridgehead atoms. The van der Waals surface area contributed by atoms with Gasteiger partial charge in [-0.15, -0.1) is 11.8 Å². The van der Waals surface area contributed by atoms with Crippen molar-refractivity contribution in [1.82, 2.24) is 4.90 Å². The van der Waals surface area contributed by atoms with E-state index in [9.17, 15) is 9.50 Å². The highest BCUT2D eigenvalue weighted by atomic mass is 32.2. The van der Waals surface area contributed by atoms with Crippen LogP contribution in [0.1, 0.15) is 18.6 Å². The van der Waals surface area contributed by atoms with E-state index in [2.05, 4.69) is 4.90 Å². The number of thioether (sulfide) groups is 1. The van der Waals surface area contributed by atoms with Crippen molar-refractivity contribution in [1.29, 1.82) is 0 Å². The van der Waals surface area contributed by atoms with Gasteiger partial charge in [0.25, 0.3) is 0 Å². The molecule has 0 aliphatic heterocycles. The molecule has 0 heterocycles. The van der Waals surface area contributed by atoms with E-state index in [1.807, 2.05) is 14.1 Å². The summed E-state index contributed by atoms with van der Waals surface area (Å²) >= 11 is 1.50. The molecular formula is C12H18FNOS. The molecule has 90 valence electrons. The van der Waals surface area contributed by atoms with Crippen LogP contribution in [-0.2, 0) is 0 Å². The van der Waals surface area contributed by atoms with Crippen LogP contribution < -0.4 is 0 Å². The molecule has 0 saturated carbocycles. The molecule has 0 aliphatic carbocycles. The van der Waals surface area contributed by atoms with Crippen molar-refractivity contribution >= 4 is 11.8 Å². The summed E-state index contributed by atoms with van der Waals surface area (Å²) in [6.45, 7) is 2.55. The third-order valence-corrected chi connectivity index (χ3v) is 3.26. The minimum Gasteiger partial charge on any atom is -0.389 e. The summed E-state index contributed by atoms with van der Waals surface area (Å²) in [5.41, 5.74) is 0.620. The summed E-state index contributed by atoms with van der Waals surface area (Å²) < 4.78 is 13.6. The van der Waals surface area contributed by atoms with Gasteiger partial charge < -0.3 is 10.0 Å². The highest BCUT2D eigenvalue weighted by molar-refractivity contribution is 7.99. The van der Waals surface area contributed by atoms with Crippen LogP contribution in [0, 0.1) is 5.82 Å². The lowest BCUT2D eigenvalue weighted by molar-refractivity contribution is 0.198. The zero-order valence-electron chi connectivity index (χ0n) is 9.90. The van der Waals surface area contributed by atoms with Crippen LogP contribution in [0.2, 0.25) is 0 Å². The van der Waals surface area contributed by atoms with E-state index in [0.29, 0.717) is 10.5 Å². The highest BCUT2D eigenvalue weighted by Crippen LogP contribution is 2.24. The zero-order chi connectivity index (χ0) is 12.1. The Morgan fingerprint density at radius 1 is 1.44 bits per heavy atom. The Hall–Kier alpha value is -0.580. The SMILES string of the molecule is CC(O)c1ccc(SCCN(C)C)c(F)c1. The average molecular weight is 243 g/mol. The van der Waals surface area contributed by atoms with Gasteiger partial charge >= 0.3 is 0 Å². The Bertz CT molecular complexity index is 342. The van der Waals surface area contributed by atoms with Crippen molar-refractivity contribution in [3.8, 4) is 0 Å². The topological polar surface area (TPSA) is 23.5 Å². The lowest BCUT2D eigenvalue weighted by Crippen LogP contribution is -2.14. The van der Waals surface area contributed by atoms with Gasteiger partial charge in [0.05, 0.1) is 6.10 Å². The van der Waals surface area contributed by atoms with Gasteiger partial charge in [-0.3, -0.25) is 0 Å². The van der Waals surface area contributed by atoms with Gasteiger partial charge in [-0.25, -0.2) is 4.39 Å². The Morgan fingerprint density at radius 2 is 2.12 bits per heavy atom. The van der Waals surface area contributed by atoms with E-state index >= 15 is 0 Å². The van der Waals surface area contributed by atoms with Crippen LogP contribution in [0.4, 0.5) is 4.39 Å². The Labute approximate surface area is 100 Å². The third-order valence-electron chi connectivity index (χ3n) is 2.23. The predicted molar refractivity (Wildman–Crippen MR) is 66.3 cm³/mol. The van der Waals surface area contributed by atoms with Gasteiger partial charge in [-0.1, -0.05) is 6.07 Å². The van der Waals surface area contributed by atoms with Crippen LogP contribution in [0.15, 0.2) is 23.1 Å². The van der Waals surface area contributed by atoms with E-state index in [4.69, 9.17) is 0 Å². The predicted octanol–water partition coefficient (Wildman–Crippen LogP) is 2.53. The van der Waals surface area contributed by atoms with Gasteiger partial charge in [-0.05, 0) is 38.7 Å². The molecule has 16 heavy (non-hydrogen) atoms. The fourth-order valence-electron chi connectivity index (χ4n) is 1.23. The van der Waals surface area contributed by atoms with Crippen LogP contribution in [0.25, 0.3) is 0 Å². The molecule has 0 aliphatic rings. The zero-order valence-corrected chi connectivity index (χ0v) is 10.7. The second-order valence-corrected chi connectivity index (χ2v) is 5.15. The first-order chi connectivity index (χ1) is 7.50. The van der Waals surface area contributed by atoms with Gasteiger partial charge in [0, 0.05) is 17.2 Å². The molecule has 0 radical (unpaired) electrons. The second kappa shape index (κ2) is 6.23. The number of benzene rings is 1. The first kappa shape index (κ1) is 13.5. The van der Waals surface area contributed by atoms with E-state index in [1.54, 1.807) is 19.1 Å². The number of aliphatic hydroxyl groups excluding tert-OH is 1. The Balaban J connectivity index is 2.61. The molecule has 2 nitrogen and oxygen atoms in total. The maximum absolute atomic E-state index is 13.6. The molecule has 1 atom stereocenters. The number of aliphatic hydroxyl groups is 1. The average Bonchev–Trinajstić information content (AvgIpc) is 2.19. The summed E-state index contributed by atoms with van der Waals surface area (Å²) in [7, 11) is 3.99. The largest absolute Gasteiger partial charge is 0.389 e. The molecule has 0 fully saturated rings. The minimum atomic E-state index is -0.615. The van der Waals surface area contributed by atoms with Gasteiger partial charge in [-0.2, -0.15) is 0 Å². The minimum absolute atomic E-state index is 0.248. The molecule has 0 saturated heterocycles. The molecule has 1 aromatic carbocycles. The van der Waals surface area contributed by atoms with Gasteiger partial charge in [0.1, 0.15) is 5.82 Å². The fourth-order valence-corrected chi connectivity index (χ4v) is 2.27. The van der Waals surface area contributed by atoms with E-state index in [-0.39, 0.29) is 5.82 Å². The molecular weight excluding hydrogens is 225 g/mol. The van der Waals surface area contributed by atoms with Crippen LogP contribution in [0.5, 0.6) is 0 Å². The Kier molecular flexibility index (Phi) is 5.25. The smallest absolute Gasteiger partial charge is 0.137 e. The maximum Gasteiger partial charge on any atom is 0.137 e. The van der Waals surface area contributed by atoms with Crippen LogP contribution in [-0.4, -0.2) is 36.4 Å². The van der Waals surface area contributed by atoms with Gasteiger partial charge in [0.15, 0.2) is 0 Å². The summed E-state index contributed by atoms with van der Waals surface area (Å²) in [5, 5.41) is 9.31. The number of halogens is 1. The highest BCUT2D eigenvalue weighted by Gasteiger charge is 2.07. The second-order valence-electron chi connectivity index (χ2n) is 4.02. The molecule has 1 rings (SSSR count). The lowest BCUT2D eigenvalue weighted by Gasteiger charge is -2.10. The summed E-state index contributed by atoms with van der Waals surface area (Å²) in [6.07, 6.45) is -0.615. The normalized spacial score (nSPS) is 13.1. The van der Waals surface area contributed by atoms with Crippen molar-refractivity contribution in [2.75, 3.05) is 26.4 Å². The van der Waals surface area contributed by atoms with Crippen molar-refractivity contribution in [3.63, 3.8) is 0 Å². The molecule has 1 N–H and O–H groups in total. The molecule has 0 spiro atoms. The van der Waals surface area contributed by atoms with Crippen molar-refractivity contribution in [2.24, 2.45) is 0 Å². The van der Waals surface area contributed by atoms with E-state index in [1.165, 1.54) is 17.8 Å². The first-order valence-corrected chi connectivity index (χ1v) is 6.24. The third kappa shape index (κ3) is 4.12. The number of nitrogens with zero attached hydrogens (tertiary/aromatic N) is 1.